The normalized spacial score (nSPS) is 14.2. The molecule has 3 rings (SSSR count). The molecule has 132 valence electrons. The van der Waals surface area contributed by atoms with Gasteiger partial charge in [-0.15, -0.1) is 0 Å². The van der Waals surface area contributed by atoms with E-state index in [1.807, 2.05) is 18.2 Å². The largest absolute Gasteiger partial charge is 0.493 e. The number of ether oxygens (including phenoxy) is 2. The molecule has 0 spiro atoms. The van der Waals surface area contributed by atoms with Crippen molar-refractivity contribution in [3.05, 3.63) is 53.6 Å². The zero-order valence-electron chi connectivity index (χ0n) is 14.7. The van der Waals surface area contributed by atoms with Gasteiger partial charge in [-0.1, -0.05) is 29.8 Å². The molecule has 0 aliphatic carbocycles. The van der Waals surface area contributed by atoms with Gasteiger partial charge in [-0.2, -0.15) is 0 Å². The number of amides is 2. The van der Waals surface area contributed by atoms with Crippen molar-refractivity contribution in [1.29, 1.82) is 0 Å². The SMILES string of the molecule is COc1ccc(N2CCCNC2=O)cc1OCCc1ccc(C)cc1. The van der Waals surface area contributed by atoms with Crippen molar-refractivity contribution in [2.45, 2.75) is 19.8 Å². The first-order chi connectivity index (χ1) is 12.2. The van der Waals surface area contributed by atoms with Crippen LogP contribution in [0.5, 0.6) is 11.5 Å². The number of methoxy groups -OCH3 is 1. The lowest BCUT2D eigenvalue weighted by Gasteiger charge is -2.28. The molecule has 5 heteroatoms. The van der Waals surface area contributed by atoms with Gasteiger partial charge >= 0.3 is 6.03 Å². The highest BCUT2D eigenvalue weighted by molar-refractivity contribution is 5.93. The molecule has 2 amide bonds. The molecule has 1 saturated heterocycles. The Labute approximate surface area is 148 Å². The van der Waals surface area contributed by atoms with E-state index >= 15 is 0 Å². The van der Waals surface area contributed by atoms with E-state index in [1.54, 1.807) is 12.0 Å². The van der Waals surface area contributed by atoms with Gasteiger partial charge in [-0.3, -0.25) is 4.90 Å². The predicted octanol–water partition coefficient (Wildman–Crippen LogP) is 3.54. The lowest BCUT2D eigenvalue weighted by atomic mass is 10.1. The van der Waals surface area contributed by atoms with Crippen molar-refractivity contribution >= 4 is 11.7 Å². The van der Waals surface area contributed by atoms with Gasteiger partial charge in [-0.05, 0) is 31.0 Å². The first-order valence-corrected chi connectivity index (χ1v) is 8.59. The van der Waals surface area contributed by atoms with E-state index in [-0.39, 0.29) is 6.03 Å². The van der Waals surface area contributed by atoms with Crippen LogP contribution in [-0.4, -0.2) is 32.8 Å². The van der Waals surface area contributed by atoms with Crippen molar-refractivity contribution in [3.63, 3.8) is 0 Å². The summed E-state index contributed by atoms with van der Waals surface area (Å²) in [4.78, 5) is 13.8. The van der Waals surface area contributed by atoms with Crippen molar-refractivity contribution in [1.82, 2.24) is 5.32 Å². The molecule has 0 bridgehead atoms. The highest BCUT2D eigenvalue weighted by Crippen LogP contribution is 2.32. The average Bonchev–Trinajstić information content (AvgIpc) is 2.64. The fraction of sp³-hybridized carbons (Fsp3) is 0.350. The summed E-state index contributed by atoms with van der Waals surface area (Å²) < 4.78 is 11.3. The van der Waals surface area contributed by atoms with E-state index < -0.39 is 0 Å². The fourth-order valence-electron chi connectivity index (χ4n) is 2.86. The van der Waals surface area contributed by atoms with Crippen LogP contribution in [0.2, 0.25) is 0 Å². The second kappa shape index (κ2) is 7.92. The van der Waals surface area contributed by atoms with Crippen LogP contribution in [0.25, 0.3) is 0 Å². The van der Waals surface area contributed by atoms with Gasteiger partial charge in [0.05, 0.1) is 13.7 Å². The number of hydrogen-bond donors (Lipinski definition) is 1. The maximum Gasteiger partial charge on any atom is 0.321 e. The molecule has 1 aliphatic rings. The molecular formula is C20H24N2O3. The number of hydrogen-bond acceptors (Lipinski definition) is 3. The predicted molar refractivity (Wildman–Crippen MR) is 98.7 cm³/mol. The van der Waals surface area contributed by atoms with E-state index in [1.165, 1.54) is 11.1 Å². The number of nitrogens with one attached hydrogen (secondary N) is 1. The quantitative estimate of drug-likeness (QED) is 0.875. The second-order valence-corrected chi connectivity index (χ2v) is 6.16. The van der Waals surface area contributed by atoms with E-state index in [4.69, 9.17) is 9.47 Å². The second-order valence-electron chi connectivity index (χ2n) is 6.16. The number of anilines is 1. The number of nitrogens with zero attached hydrogens (tertiary/aromatic N) is 1. The van der Waals surface area contributed by atoms with Crippen molar-refractivity contribution in [2.24, 2.45) is 0 Å². The molecule has 1 fully saturated rings. The molecule has 0 unspecified atom stereocenters. The smallest absolute Gasteiger partial charge is 0.321 e. The fourth-order valence-corrected chi connectivity index (χ4v) is 2.86. The third-order valence-electron chi connectivity index (χ3n) is 4.31. The van der Waals surface area contributed by atoms with E-state index in [0.29, 0.717) is 24.7 Å². The third-order valence-corrected chi connectivity index (χ3v) is 4.31. The minimum absolute atomic E-state index is 0.0676. The summed E-state index contributed by atoms with van der Waals surface area (Å²) >= 11 is 0. The minimum Gasteiger partial charge on any atom is -0.493 e. The number of benzene rings is 2. The molecule has 1 heterocycles. The first kappa shape index (κ1) is 17.1. The van der Waals surface area contributed by atoms with Gasteiger partial charge in [0.25, 0.3) is 0 Å². The summed E-state index contributed by atoms with van der Waals surface area (Å²) in [5.41, 5.74) is 3.30. The summed E-state index contributed by atoms with van der Waals surface area (Å²) in [7, 11) is 1.62. The van der Waals surface area contributed by atoms with Crippen LogP contribution in [0.1, 0.15) is 17.5 Å². The van der Waals surface area contributed by atoms with Gasteiger partial charge in [0.1, 0.15) is 0 Å². The van der Waals surface area contributed by atoms with Crippen LogP contribution in [0.3, 0.4) is 0 Å². The minimum atomic E-state index is -0.0676. The van der Waals surface area contributed by atoms with Crippen LogP contribution < -0.4 is 19.7 Å². The Hall–Kier alpha value is -2.69. The zero-order valence-corrected chi connectivity index (χ0v) is 14.7. The number of rotatable bonds is 6. The monoisotopic (exact) mass is 340 g/mol. The standard InChI is InChI=1S/C20H24N2O3/c1-15-4-6-16(7-5-15)10-13-25-19-14-17(8-9-18(19)24-2)22-12-3-11-21-20(22)23/h4-9,14H,3,10-13H2,1-2H3,(H,21,23). The van der Waals surface area contributed by atoms with Crippen molar-refractivity contribution < 1.29 is 14.3 Å². The van der Waals surface area contributed by atoms with Crippen molar-refractivity contribution in [2.75, 3.05) is 31.7 Å². The Morgan fingerprint density at radius 2 is 1.92 bits per heavy atom. The average molecular weight is 340 g/mol. The number of urea groups is 1. The Morgan fingerprint density at radius 3 is 2.64 bits per heavy atom. The zero-order chi connectivity index (χ0) is 17.6. The van der Waals surface area contributed by atoms with Crippen molar-refractivity contribution in [3.8, 4) is 11.5 Å². The molecule has 0 aromatic heterocycles. The Bertz CT molecular complexity index is 728. The van der Waals surface area contributed by atoms with Gasteiger partial charge in [0.2, 0.25) is 0 Å². The number of carbonyl (C=O) groups excluding carboxylic acids is 1. The molecule has 2 aromatic carbocycles. The van der Waals surface area contributed by atoms with Gasteiger partial charge in [0.15, 0.2) is 11.5 Å². The highest BCUT2D eigenvalue weighted by atomic mass is 16.5. The third kappa shape index (κ3) is 4.24. The molecule has 0 radical (unpaired) electrons. The van der Waals surface area contributed by atoms with E-state index in [2.05, 4.69) is 36.5 Å². The van der Waals surface area contributed by atoms with E-state index in [9.17, 15) is 4.79 Å². The van der Waals surface area contributed by atoms with E-state index in [0.717, 1.165) is 25.1 Å². The lowest BCUT2D eigenvalue weighted by molar-refractivity contribution is 0.243. The number of carbonyl (C=O) groups is 1. The molecular weight excluding hydrogens is 316 g/mol. The summed E-state index contributed by atoms with van der Waals surface area (Å²) in [5, 5.41) is 2.86. The lowest BCUT2D eigenvalue weighted by Crippen LogP contribution is -2.46. The Morgan fingerprint density at radius 1 is 1.12 bits per heavy atom. The molecule has 1 aliphatic heterocycles. The van der Waals surface area contributed by atoms with Crippen LogP contribution >= 0.6 is 0 Å². The van der Waals surface area contributed by atoms with Crippen LogP contribution in [0, 0.1) is 6.92 Å². The summed E-state index contributed by atoms with van der Waals surface area (Å²) in [6.07, 6.45) is 1.75. The first-order valence-electron chi connectivity index (χ1n) is 8.59. The van der Waals surface area contributed by atoms with Crippen LogP contribution in [0.15, 0.2) is 42.5 Å². The van der Waals surface area contributed by atoms with Crippen LogP contribution in [0.4, 0.5) is 10.5 Å². The highest BCUT2D eigenvalue weighted by Gasteiger charge is 2.20. The molecule has 1 N–H and O–H groups in total. The summed E-state index contributed by atoms with van der Waals surface area (Å²) in [6.45, 7) is 4.06. The molecule has 2 aromatic rings. The van der Waals surface area contributed by atoms with Gasteiger partial charge in [-0.25, -0.2) is 4.79 Å². The molecule has 0 saturated carbocycles. The molecule has 5 nitrogen and oxygen atoms in total. The Balaban J connectivity index is 1.69. The topological polar surface area (TPSA) is 50.8 Å². The maximum atomic E-state index is 12.0. The molecule has 0 atom stereocenters. The number of aryl methyl sites for hydroxylation is 1. The van der Waals surface area contributed by atoms with Gasteiger partial charge < -0.3 is 14.8 Å². The van der Waals surface area contributed by atoms with Gasteiger partial charge in [0, 0.05) is 31.3 Å². The Kier molecular flexibility index (Phi) is 5.43. The summed E-state index contributed by atoms with van der Waals surface area (Å²) in [6, 6.07) is 14.0. The summed E-state index contributed by atoms with van der Waals surface area (Å²) in [5.74, 6) is 1.33. The molecule has 25 heavy (non-hydrogen) atoms. The van der Waals surface area contributed by atoms with Crippen LogP contribution in [-0.2, 0) is 6.42 Å². The maximum absolute atomic E-state index is 12.0.